The second kappa shape index (κ2) is 5.70. The van der Waals surface area contributed by atoms with Gasteiger partial charge in [-0.3, -0.25) is 5.10 Å². The van der Waals surface area contributed by atoms with Gasteiger partial charge in [-0.05, 0) is 36.6 Å². The number of benzene rings is 1. The molecule has 3 N–H and O–H groups in total. The molecule has 0 spiro atoms. The number of aryl methyl sites for hydroxylation is 1. The smallest absolute Gasteiger partial charge is 0.241 e. The average molecular weight is 296 g/mol. The van der Waals surface area contributed by atoms with Gasteiger partial charge >= 0.3 is 0 Å². The van der Waals surface area contributed by atoms with E-state index in [1.54, 1.807) is 13.0 Å². The van der Waals surface area contributed by atoms with Crippen molar-refractivity contribution in [3.8, 4) is 0 Å². The maximum atomic E-state index is 12.3. The van der Waals surface area contributed by atoms with Gasteiger partial charge in [-0.15, -0.1) is 0 Å². The lowest BCUT2D eigenvalue weighted by molar-refractivity contribution is 0.281. The molecule has 0 bridgehead atoms. The zero-order valence-electron chi connectivity index (χ0n) is 11.2. The molecular weight excluding hydrogens is 280 g/mol. The highest BCUT2D eigenvalue weighted by Gasteiger charge is 2.19. The number of hydrogen-bond donors (Lipinski definition) is 3. The van der Waals surface area contributed by atoms with Crippen molar-refractivity contribution in [1.82, 2.24) is 19.9 Å². The maximum Gasteiger partial charge on any atom is 0.241 e. The molecule has 0 aliphatic carbocycles. The van der Waals surface area contributed by atoms with Crippen molar-refractivity contribution in [1.29, 1.82) is 0 Å². The first-order chi connectivity index (χ1) is 9.44. The van der Waals surface area contributed by atoms with Crippen molar-refractivity contribution in [2.45, 2.75) is 31.9 Å². The van der Waals surface area contributed by atoms with E-state index in [9.17, 15) is 13.5 Å². The van der Waals surface area contributed by atoms with Crippen molar-refractivity contribution in [3.05, 3.63) is 41.0 Å². The van der Waals surface area contributed by atoms with Gasteiger partial charge < -0.3 is 5.11 Å². The molecule has 0 unspecified atom stereocenters. The normalized spacial score (nSPS) is 11.8. The highest BCUT2D eigenvalue weighted by atomic mass is 32.2. The molecule has 2 aromatic rings. The third-order valence-electron chi connectivity index (χ3n) is 3.05. The van der Waals surface area contributed by atoms with E-state index in [4.69, 9.17) is 0 Å². The molecule has 1 heterocycles. The first-order valence-electron chi connectivity index (χ1n) is 5.99. The van der Waals surface area contributed by atoms with Crippen LogP contribution in [-0.2, 0) is 23.2 Å². The zero-order valence-corrected chi connectivity index (χ0v) is 12.0. The number of nitrogens with zero attached hydrogens (tertiary/aromatic N) is 2. The molecule has 1 aromatic heterocycles. The Morgan fingerprint density at radius 1 is 1.35 bits per heavy atom. The van der Waals surface area contributed by atoms with E-state index in [1.165, 1.54) is 12.4 Å². The van der Waals surface area contributed by atoms with Crippen molar-refractivity contribution in [2.24, 2.45) is 0 Å². The van der Waals surface area contributed by atoms with Gasteiger partial charge in [0.2, 0.25) is 10.0 Å². The number of H-pyrrole nitrogens is 1. The molecule has 0 saturated carbocycles. The zero-order chi connectivity index (χ0) is 14.8. The molecule has 0 aliphatic heterocycles. The van der Waals surface area contributed by atoms with Crippen LogP contribution < -0.4 is 4.72 Å². The summed E-state index contributed by atoms with van der Waals surface area (Å²) in [6.07, 6.45) is 1.31. The first kappa shape index (κ1) is 14.6. The summed E-state index contributed by atoms with van der Waals surface area (Å²) in [5.74, 6) is 0.432. The third-order valence-corrected chi connectivity index (χ3v) is 4.57. The lowest BCUT2D eigenvalue weighted by Crippen LogP contribution is -2.25. The molecule has 8 heteroatoms. The molecule has 7 nitrogen and oxygen atoms in total. The molecule has 0 amide bonds. The van der Waals surface area contributed by atoms with Gasteiger partial charge in [0.1, 0.15) is 12.2 Å². The number of aliphatic hydroxyl groups is 1. The van der Waals surface area contributed by atoms with Crippen molar-refractivity contribution >= 4 is 10.0 Å². The highest BCUT2D eigenvalue weighted by molar-refractivity contribution is 7.89. The van der Waals surface area contributed by atoms with Crippen LogP contribution >= 0.6 is 0 Å². The molecule has 0 atom stereocenters. The molecule has 20 heavy (non-hydrogen) atoms. The number of hydrogen-bond acceptors (Lipinski definition) is 5. The number of aliphatic hydroxyl groups excluding tert-OH is 1. The van der Waals surface area contributed by atoms with E-state index in [0.717, 1.165) is 5.56 Å². The Balaban J connectivity index is 2.31. The predicted molar refractivity (Wildman–Crippen MR) is 72.2 cm³/mol. The molecule has 0 saturated heterocycles. The SMILES string of the molecule is Cc1cc(CO)cc(S(=O)(=O)NCc2ncn[nH]2)c1C. The Labute approximate surface area is 117 Å². The molecule has 2 rings (SSSR count). The Bertz CT molecular complexity index is 696. The molecule has 0 fully saturated rings. The van der Waals surface area contributed by atoms with Crippen LogP contribution in [0, 0.1) is 13.8 Å². The van der Waals surface area contributed by atoms with Crippen molar-refractivity contribution in [3.63, 3.8) is 0 Å². The first-order valence-corrected chi connectivity index (χ1v) is 7.47. The number of rotatable bonds is 5. The van der Waals surface area contributed by atoms with Gasteiger partial charge in [-0.25, -0.2) is 18.1 Å². The van der Waals surface area contributed by atoms with Crippen LogP contribution in [0.4, 0.5) is 0 Å². The van der Waals surface area contributed by atoms with Crippen LogP contribution in [0.25, 0.3) is 0 Å². The molecular formula is C12H16N4O3S. The van der Waals surface area contributed by atoms with E-state index in [2.05, 4.69) is 19.9 Å². The van der Waals surface area contributed by atoms with Gasteiger partial charge in [-0.2, -0.15) is 5.10 Å². The predicted octanol–water partition coefficient (Wildman–Crippen LogP) is 0.392. The van der Waals surface area contributed by atoms with E-state index in [-0.39, 0.29) is 18.0 Å². The summed E-state index contributed by atoms with van der Waals surface area (Å²) in [5.41, 5.74) is 2.04. The summed E-state index contributed by atoms with van der Waals surface area (Å²) in [4.78, 5) is 4.02. The summed E-state index contributed by atoms with van der Waals surface area (Å²) >= 11 is 0. The fourth-order valence-corrected chi connectivity index (χ4v) is 3.18. The Hall–Kier alpha value is -1.77. The Morgan fingerprint density at radius 2 is 2.10 bits per heavy atom. The van der Waals surface area contributed by atoms with Crippen molar-refractivity contribution < 1.29 is 13.5 Å². The maximum absolute atomic E-state index is 12.3. The van der Waals surface area contributed by atoms with E-state index >= 15 is 0 Å². The summed E-state index contributed by atoms with van der Waals surface area (Å²) in [7, 11) is -3.67. The van der Waals surface area contributed by atoms with Gasteiger partial charge in [-0.1, -0.05) is 6.07 Å². The number of aromatic nitrogens is 3. The van der Waals surface area contributed by atoms with Crippen LogP contribution in [-0.4, -0.2) is 28.7 Å². The van der Waals surface area contributed by atoms with Gasteiger partial charge in [0, 0.05) is 0 Å². The number of sulfonamides is 1. The van der Waals surface area contributed by atoms with Crippen LogP contribution in [0.1, 0.15) is 22.5 Å². The topological polar surface area (TPSA) is 108 Å². The van der Waals surface area contributed by atoms with Gasteiger partial charge in [0.15, 0.2) is 0 Å². The van der Waals surface area contributed by atoms with Crippen LogP contribution in [0.5, 0.6) is 0 Å². The fraction of sp³-hybridized carbons (Fsp3) is 0.333. The lowest BCUT2D eigenvalue weighted by Gasteiger charge is -2.12. The minimum atomic E-state index is -3.67. The number of aromatic amines is 1. The Morgan fingerprint density at radius 3 is 2.70 bits per heavy atom. The largest absolute Gasteiger partial charge is 0.392 e. The van der Waals surface area contributed by atoms with Crippen LogP contribution in [0.3, 0.4) is 0 Å². The summed E-state index contributed by atoms with van der Waals surface area (Å²) in [5, 5.41) is 15.4. The molecule has 0 aliphatic rings. The quantitative estimate of drug-likeness (QED) is 0.740. The van der Waals surface area contributed by atoms with Crippen LogP contribution in [0.15, 0.2) is 23.4 Å². The lowest BCUT2D eigenvalue weighted by atomic mass is 10.1. The minimum absolute atomic E-state index is 0.0319. The van der Waals surface area contributed by atoms with Crippen LogP contribution in [0.2, 0.25) is 0 Å². The van der Waals surface area contributed by atoms with E-state index in [0.29, 0.717) is 17.0 Å². The third kappa shape index (κ3) is 3.03. The standard InChI is InChI=1S/C12H16N4O3S/c1-8-3-10(6-17)4-11(9(8)2)20(18,19)15-5-12-13-7-14-16-12/h3-4,7,15,17H,5-6H2,1-2H3,(H,13,14,16). The summed E-state index contributed by atoms with van der Waals surface area (Å²) < 4.78 is 27.1. The average Bonchev–Trinajstić information content (AvgIpc) is 2.92. The molecule has 0 radical (unpaired) electrons. The molecule has 1 aromatic carbocycles. The second-order valence-corrected chi connectivity index (χ2v) is 6.19. The summed E-state index contributed by atoms with van der Waals surface area (Å²) in [6, 6.07) is 3.25. The van der Waals surface area contributed by atoms with E-state index < -0.39 is 10.0 Å². The Kier molecular flexibility index (Phi) is 4.17. The monoisotopic (exact) mass is 296 g/mol. The highest BCUT2D eigenvalue weighted by Crippen LogP contribution is 2.21. The summed E-state index contributed by atoms with van der Waals surface area (Å²) in [6.45, 7) is 3.37. The minimum Gasteiger partial charge on any atom is -0.392 e. The molecule has 108 valence electrons. The second-order valence-electron chi connectivity index (χ2n) is 4.45. The van der Waals surface area contributed by atoms with Crippen molar-refractivity contribution in [2.75, 3.05) is 0 Å². The van der Waals surface area contributed by atoms with Gasteiger partial charge in [0.05, 0.1) is 18.0 Å². The number of nitrogens with one attached hydrogen (secondary N) is 2. The van der Waals surface area contributed by atoms with Gasteiger partial charge in [0.25, 0.3) is 0 Å². The van der Waals surface area contributed by atoms with E-state index in [1.807, 2.05) is 6.92 Å². The fourth-order valence-electron chi connectivity index (χ4n) is 1.83.